The first-order chi connectivity index (χ1) is 12.9. The second-order valence-electron chi connectivity index (χ2n) is 7.65. The summed E-state index contributed by atoms with van der Waals surface area (Å²) in [5.41, 5.74) is -0.351. The van der Waals surface area contributed by atoms with Crippen LogP contribution in [0.1, 0.15) is 31.7 Å². The lowest BCUT2D eigenvalue weighted by atomic mass is 9.73. The van der Waals surface area contributed by atoms with Crippen molar-refractivity contribution in [2.45, 2.75) is 49.9 Å². The summed E-state index contributed by atoms with van der Waals surface area (Å²) in [6.45, 7) is 3.52. The summed E-state index contributed by atoms with van der Waals surface area (Å²) in [5, 5.41) is 18.1. The van der Waals surface area contributed by atoms with Gasteiger partial charge in [0, 0.05) is 19.7 Å². The van der Waals surface area contributed by atoms with Gasteiger partial charge in [-0.15, -0.1) is 0 Å². The third-order valence-corrected chi connectivity index (χ3v) is 6.99. The number of likely N-dealkylation sites (tertiary alicyclic amines) is 1. The van der Waals surface area contributed by atoms with Crippen LogP contribution in [-0.4, -0.2) is 70.8 Å². The van der Waals surface area contributed by atoms with Crippen LogP contribution in [-0.2, 0) is 20.7 Å². The van der Waals surface area contributed by atoms with Gasteiger partial charge >= 0.3 is 0 Å². The van der Waals surface area contributed by atoms with Crippen molar-refractivity contribution < 1.29 is 19.4 Å². The Bertz CT molecular complexity index is 659. The normalized spacial score (nSPS) is 27.5. The molecule has 2 N–H and O–H groups in total. The zero-order valence-corrected chi connectivity index (χ0v) is 17.5. The van der Waals surface area contributed by atoms with Crippen LogP contribution in [0, 0.1) is 0 Å². The first-order valence-corrected chi connectivity index (χ1v) is 11.6. The topological polar surface area (TPSA) is 78.9 Å². The van der Waals surface area contributed by atoms with E-state index in [4.69, 9.17) is 4.74 Å². The molecule has 1 aromatic rings. The van der Waals surface area contributed by atoms with Gasteiger partial charge in [-0.1, -0.05) is 0 Å². The minimum absolute atomic E-state index is 0.0653. The smallest absolute Gasteiger partial charge is 0.230 e. The molecule has 0 radical (unpaired) electrons. The fourth-order valence-corrected chi connectivity index (χ4v) is 5.11. The molecule has 0 bridgehead atoms. The van der Waals surface area contributed by atoms with E-state index >= 15 is 0 Å². The molecule has 1 spiro atoms. The first kappa shape index (κ1) is 20.6. The van der Waals surface area contributed by atoms with Crippen LogP contribution in [0.25, 0.3) is 0 Å². The lowest BCUT2D eigenvalue weighted by molar-refractivity contribution is -0.207. The minimum Gasteiger partial charge on any atom is -0.388 e. The molecule has 2 atom stereocenters. The van der Waals surface area contributed by atoms with Gasteiger partial charge in [-0.25, -0.2) is 0 Å². The van der Waals surface area contributed by atoms with Crippen molar-refractivity contribution in [3.63, 3.8) is 0 Å². The Labute approximate surface area is 168 Å². The number of hydrogen-bond donors (Lipinski definition) is 2. The first-order valence-electron chi connectivity index (χ1n) is 9.29. The van der Waals surface area contributed by atoms with E-state index in [0.717, 1.165) is 5.56 Å². The maximum atomic E-state index is 12.5. The lowest BCUT2D eigenvalue weighted by Crippen LogP contribution is -2.69. The summed E-state index contributed by atoms with van der Waals surface area (Å²) in [7, 11) is 0. The second-order valence-corrected chi connectivity index (χ2v) is 9.30. The highest BCUT2D eigenvalue weighted by Crippen LogP contribution is 2.40. The number of nitrogens with zero attached hydrogens (tertiary/aromatic N) is 1. The van der Waals surface area contributed by atoms with Gasteiger partial charge in [0.15, 0.2) is 0 Å². The molecule has 2 amide bonds. The van der Waals surface area contributed by atoms with Gasteiger partial charge in [-0.3, -0.25) is 9.59 Å². The van der Waals surface area contributed by atoms with E-state index in [1.165, 1.54) is 11.8 Å². The van der Waals surface area contributed by atoms with Gasteiger partial charge in [-0.2, -0.15) is 23.1 Å². The Morgan fingerprint density at radius 2 is 2.15 bits per heavy atom. The Morgan fingerprint density at radius 1 is 1.41 bits per heavy atom. The van der Waals surface area contributed by atoms with Crippen molar-refractivity contribution in [3.8, 4) is 0 Å². The molecule has 27 heavy (non-hydrogen) atoms. The maximum Gasteiger partial charge on any atom is 0.230 e. The number of rotatable bonds is 5. The third kappa shape index (κ3) is 4.50. The monoisotopic (exact) mass is 412 g/mol. The molecular formula is C19H28N2O4S2. The predicted molar refractivity (Wildman–Crippen MR) is 108 cm³/mol. The van der Waals surface area contributed by atoms with E-state index in [1.54, 1.807) is 11.3 Å². The van der Waals surface area contributed by atoms with Crippen LogP contribution in [0.4, 0.5) is 0 Å². The number of thioether (sulfide) groups is 1. The van der Waals surface area contributed by atoms with Gasteiger partial charge in [0.25, 0.3) is 0 Å². The summed E-state index contributed by atoms with van der Waals surface area (Å²) in [6, 6.07) is 1.98. The number of ether oxygens (including phenoxy) is 1. The Hall–Kier alpha value is -1.09. The van der Waals surface area contributed by atoms with Crippen LogP contribution in [0.5, 0.6) is 0 Å². The van der Waals surface area contributed by atoms with Crippen molar-refractivity contribution in [2.75, 3.05) is 31.7 Å². The van der Waals surface area contributed by atoms with Crippen LogP contribution in [0.2, 0.25) is 0 Å². The fraction of sp³-hybridized carbons (Fsp3) is 0.684. The van der Waals surface area contributed by atoms with Gasteiger partial charge in [-0.05, 0) is 54.8 Å². The molecule has 1 aromatic heterocycles. The van der Waals surface area contributed by atoms with Gasteiger partial charge in [0.05, 0.1) is 23.3 Å². The Balaban J connectivity index is 1.61. The lowest BCUT2D eigenvalue weighted by Gasteiger charge is -2.53. The molecule has 8 heteroatoms. The fourth-order valence-electron chi connectivity index (χ4n) is 4.11. The van der Waals surface area contributed by atoms with Gasteiger partial charge in [0.2, 0.25) is 11.8 Å². The number of hydrogen-bond acceptors (Lipinski definition) is 6. The minimum atomic E-state index is -0.793. The molecule has 6 nitrogen and oxygen atoms in total. The van der Waals surface area contributed by atoms with Crippen LogP contribution in [0.3, 0.4) is 0 Å². The van der Waals surface area contributed by atoms with Crippen LogP contribution >= 0.6 is 23.1 Å². The number of aliphatic hydroxyl groups excluding tert-OH is 1. The molecule has 150 valence electrons. The van der Waals surface area contributed by atoms with E-state index in [1.807, 2.05) is 34.9 Å². The van der Waals surface area contributed by atoms with Gasteiger partial charge < -0.3 is 20.1 Å². The van der Waals surface area contributed by atoms with Crippen molar-refractivity contribution in [3.05, 3.63) is 22.4 Å². The molecule has 2 fully saturated rings. The number of carbonyl (C=O) groups is 2. The largest absolute Gasteiger partial charge is 0.388 e. The molecule has 3 heterocycles. The summed E-state index contributed by atoms with van der Waals surface area (Å²) in [6.07, 6.45) is 3.25. The maximum absolute atomic E-state index is 12.5. The van der Waals surface area contributed by atoms with Crippen molar-refractivity contribution in [1.29, 1.82) is 0 Å². The highest BCUT2D eigenvalue weighted by atomic mass is 32.2. The Kier molecular flexibility index (Phi) is 6.50. The average molecular weight is 413 g/mol. The van der Waals surface area contributed by atoms with Crippen LogP contribution < -0.4 is 5.32 Å². The standard InChI is InChI=1S/C19H28N2O4S2/c1-18(20-15(22)13-26-2)6-9-25-19(17(18)24)4-7-21(8-5-19)16(23)11-14-3-10-27-12-14/h3,10,12,17,24H,4-9,11,13H2,1-2H3,(H,20,22)/t17-,18+/m0/s1. The van der Waals surface area contributed by atoms with E-state index in [0.29, 0.717) is 51.1 Å². The summed E-state index contributed by atoms with van der Waals surface area (Å²) in [4.78, 5) is 26.5. The molecule has 2 aliphatic heterocycles. The van der Waals surface area contributed by atoms with E-state index in [-0.39, 0.29) is 11.8 Å². The van der Waals surface area contributed by atoms with Gasteiger partial charge in [0.1, 0.15) is 6.10 Å². The highest BCUT2D eigenvalue weighted by molar-refractivity contribution is 7.99. The number of carbonyl (C=O) groups excluding carboxylic acids is 2. The Morgan fingerprint density at radius 3 is 2.78 bits per heavy atom. The zero-order valence-electron chi connectivity index (χ0n) is 15.9. The highest BCUT2D eigenvalue weighted by Gasteiger charge is 2.54. The molecular weight excluding hydrogens is 384 g/mol. The summed E-state index contributed by atoms with van der Waals surface area (Å²) in [5.74, 6) is 0.426. The summed E-state index contributed by atoms with van der Waals surface area (Å²) >= 11 is 3.06. The predicted octanol–water partition coefficient (Wildman–Crippen LogP) is 1.67. The second kappa shape index (κ2) is 8.51. The number of nitrogens with one attached hydrogen (secondary N) is 1. The number of thiophene rings is 1. The average Bonchev–Trinajstić information content (AvgIpc) is 3.13. The number of amides is 2. The van der Waals surface area contributed by atoms with Crippen molar-refractivity contribution >= 4 is 34.9 Å². The molecule has 3 rings (SSSR count). The molecule has 0 unspecified atom stereocenters. The van der Waals surface area contributed by atoms with Crippen molar-refractivity contribution in [1.82, 2.24) is 10.2 Å². The van der Waals surface area contributed by atoms with E-state index in [2.05, 4.69) is 5.32 Å². The molecule has 0 aliphatic carbocycles. The number of aliphatic hydroxyl groups is 1. The molecule has 2 aliphatic rings. The van der Waals surface area contributed by atoms with Crippen molar-refractivity contribution in [2.24, 2.45) is 0 Å². The van der Waals surface area contributed by atoms with E-state index < -0.39 is 17.2 Å². The van der Waals surface area contributed by atoms with E-state index in [9.17, 15) is 14.7 Å². The van der Waals surface area contributed by atoms with Crippen LogP contribution in [0.15, 0.2) is 16.8 Å². The molecule has 0 aromatic carbocycles. The molecule has 2 saturated heterocycles. The number of piperidine rings is 1. The third-order valence-electron chi connectivity index (χ3n) is 5.71. The SMILES string of the molecule is CSCC(=O)N[C@]1(C)CCOC2(CCN(C(=O)Cc3ccsc3)CC2)[C@H]1O. The summed E-state index contributed by atoms with van der Waals surface area (Å²) < 4.78 is 6.05. The molecule has 0 saturated carbocycles. The quantitative estimate of drug-likeness (QED) is 0.769. The zero-order chi connectivity index (χ0) is 19.5.